The van der Waals surface area contributed by atoms with Gasteiger partial charge in [-0.2, -0.15) is 5.10 Å². The number of ether oxygens (including phenoxy) is 1. The first-order chi connectivity index (χ1) is 16.2. The van der Waals surface area contributed by atoms with Crippen LogP contribution in [-0.2, 0) is 6.42 Å². The van der Waals surface area contributed by atoms with Crippen molar-refractivity contribution in [1.29, 1.82) is 0 Å². The lowest BCUT2D eigenvalue weighted by Crippen LogP contribution is -2.47. The van der Waals surface area contributed by atoms with Crippen LogP contribution in [0.25, 0.3) is 16.8 Å². The highest BCUT2D eigenvalue weighted by molar-refractivity contribution is 5.98. The van der Waals surface area contributed by atoms with Crippen molar-refractivity contribution in [2.24, 2.45) is 0 Å². The summed E-state index contributed by atoms with van der Waals surface area (Å²) < 4.78 is 7.32. The molecule has 1 fully saturated rings. The van der Waals surface area contributed by atoms with Crippen molar-refractivity contribution in [3.63, 3.8) is 0 Å². The monoisotopic (exact) mass is 441 g/mol. The zero-order valence-electron chi connectivity index (χ0n) is 18.9. The van der Waals surface area contributed by atoms with Crippen LogP contribution in [0.1, 0.15) is 22.8 Å². The van der Waals surface area contributed by atoms with Gasteiger partial charge in [0.05, 0.1) is 18.4 Å². The molecular formula is C26H27N5O2. The van der Waals surface area contributed by atoms with Crippen LogP contribution < -0.4 is 14.5 Å². The third-order valence-corrected chi connectivity index (χ3v) is 6.32. The summed E-state index contributed by atoms with van der Waals surface area (Å²) in [6.45, 7) is 5.36. The molecule has 0 aliphatic carbocycles. The number of hydrogen-bond donors (Lipinski definition) is 0. The minimum Gasteiger partial charge on any atom is -0.495 e. The number of carbonyl (C=O) groups excluding carboxylic acids is 1. The van der Waals surface area contributed by atoms with Gasteiger partial charge >= 0.3 is 0 Å². The molecule has 0 N–H and O–H groups in total. The normalized spacial score (nSPS) is 14.0. The molecular weight excluding hydrogens is 414 g/mol. The number of aromatic nitrogens is 3. The number of benzene rings is 2. The number of rotatable bonds is 6. The summed E-state index contributed by atoms with van der Waals surface area (Å²) in [6, 6.07) is 16.3. The molecule has 0 radical (unpaired) electrons. The third kappa shape index (κ3) is 3.80. The van der Waals surface area contributed by atoms with Gasteiger partial charge in [0.25, 0.3) is 0 Å². The summed E-state index contributed by atoms with van der Waals surface area (Å²) >= 11 is 0. The molecule has 2 aromatic heterocycles. The van der Waals surface area contributed by atoms with Crippen LogP contribution in [0.3, 0.4) is 0 Å². The minimum absolute atomic E-state index is 0.578. The van der Waals surface area contributed by atoms with Crippen LogP contribution >= 0.6 is 0 Å². The van der Waals surface area contributed by atoms with Crippen molar-refractivity contribution in [1.82, 2.24) is 14.6 Å². The Kier molecular flexibility index (Phi) is 5.69. The van der Waals surface area contributed by atoms with Gasteiger partial charge in [-0.25, -0.2) is 9.50 Å². The maximum absolute atomic E-state index is 12.2. The fraction of sp³-hybridized carbons (Fsp3) is 0.269. The molecule has 7 nitrogen and oxygen atoms in total. The lowest BCUT2D eigenvalue weighted by atomic mass is 10.0. The summed E-state index contributed by atoms with van der Waals surface area (Å²) in [4.78, 5) is 21.5. The van der Waals surface area contributed by atoms with Gasteiger partial charge in [-0.15, -0.1) is 0 Å². The van der Waals surface area contributed by atoms with Crippen LogP contribution in [-0.4, -0.2) is 54.2 Å². The van der Waals surface area contributed by atoms with Gasteiger partial charge in [0.2, 0.25) is 0 Å². The Morgan fingerprint density at radius 3 is 2.42 bits per heavy atom. The van der Waals surface area contributed by atoms with E-state index in [1.165, 1.54) is 5.56 Å². The van der Waals surface area contributed by atoms with Gasteiger partial charge < -0.3 is 14.5 Å². The molecule has 0 bridgehead atoms. The lowest BCUT2D eigenvalue weighted by Gasteiger charge is -2.37. The van der Waals surface area contributed by atoms with Gasteiger partial charge in [0.15, 0.2) is 12.1 Å². The fourth-order valence-electron chi connectivity index (χ4n) is 4.51. The van der Waals surface area contributed by atoms with E-state index in [0.29, 0.717) is 11.3 Å². The third-order valence-electron chi connectivity index (χ3n) is 6.32. The standard InChI is InChI=1S/C26H27N5O2/c1-3-19-8-10-20(11-9-19)24-21(18-32)25-26(27-12-13-31(25)28-24)30-16-14-29(15-17-30)22-6-4-5-7-23(22)33-2/h4-13,18H,3,14-17H2,1-2H3. The smallest absolute Gasteiger partial charge is 0.155 e. The fourth-order valence-corrected chi connectivity index (χ4v) is 4.51. The first-order valence-corrected chi connectivity index (χ1v) is 11.3. The Morgan fingerprint density at radius 1 is 1.00 bits per heavy atom. The van der Waals surface area contributed by atoms with E-state index >= 15 is 0 Å². The van der Waals surface area contributed by atoms with Crippen molar-refractivity contribution in [2.75, 3.05) is 43.1 Å². The van der Waals surface area contributed by atoms with Crippen LogP contribution in [0.2, 0.25) is 0 Å². The molecule has 7 heteroatoms. The van der Waals surface area contributed by atoms with E-state index in [-0.39, 0.29) is 0 Å². The highest BCUT2D eigenvalue weighted by Crippen LogP contribution is 2.32. The first kappa shape index (κ1) is 21.0. The van der Waals surface area contributed by atoms with E-state index in [2.05, 4.69) is 39.9 Å². The quantitative estimate of drug-likeness (QED) is 0.420. The Labute approximate surface area is 193 Å². The number of carbonyl (C=O) groups is 1. The average Bonchev–Trinajstić information content (AvgIpc) is 3.27. The summed E-state index contributed by atoms with van der Waals surface area (Å²) in [5.41, 5.74) is 5.31. The molecule has 1 aliphatic rings. The average molecular weight is 442 g/mol. The van der Waals surface area contributed by atoms with Crippen molar-refractivity contribution >= 4 is 23.3 Å². The second-order valence-corrected chi connectivity index (χ2v) is 8.12. The molecule has 0 unspecified atom stereocenters. The molecule has 0 saturated carbocycles. The number of para-hydroxylation sites is 2. The van der Waals surface area contributed by atoms with Crippen molar-refractivity contribution in [3.8, 4) is 17.0 Å². The number of piperazine rings is 1. The molecule has 0 amide bonds. The molecule has 33 heavy (non-hydrogen) atoms. The van der Waals surface area contributed by atoms with Crippen LogP contribution in [0.15, 0.2) is 60.9 Å². The molecule has 0 spiro atoms. The van der Waals surface area contributed by atoms with E-state index in [1.807, 2.05) is 30.3 Å². The number of hydrogen-bond acceptors (Lipinski definition) is 6. The summed E-state index contributed by atoms with van der Waals surface area (Å²) in [5.74, 6) is 1.67. The van der Waals surface area contributed by atoms with Gasteiger partial charge in [-0.05, 0) is 24.1 Å². The lowest BCUT2D eigenvalue weighted by molar-refractivity contribution is 0.112. The van der Waals surface area contributed by atoms with E-state index in [1.54, 1.807) is 24.0 Å². The maximum Gasteiger partial charge on any atom is 0.155 e. The van der Waals surface area contributed by atoms with E-state index < -0.39 is 0 Å². The van der Waals surface area contributed by atoms with Crippen molar-refractivity contribution < 1.29 is 9.53 Å². The van der Waals surface area contributed by atoms with Crippen molar-refractivity contribution in [3.05, 3.63) is 72.1 Å². The van der Waals surface area contributed by atoms with Gasteiger partial charge in [0, 0.05) is 44.1 Å². The highest BCUT2D eigenvalue weighted by atomic mass is 16.5. The van der Waals surface area contributed by atoms with Crippen LogP contribution in [0.5, 0.6) is 5.75 Å². The largest absolute Gasteiger partial charge is 0.495 e. The number of anilines is 2. The Hall–Kier alpha value is -3.87. The Bertz CT molecular complexity index is 1270. The first-order valence-electron chi connectivity index (χ1n) is 11.3. The van der Waals surface area contributed by atoms with E-state index in [0.717, 1.165) is 67.2 Å². The minimum atomic E-state index is 0.578. The predicted molar refractivity (Wildman–Crippen MR) is 131 cm³/mol. The second-order valence-electron chi connectivity index (χ2n) is 8.12. The topological polar surface area (TPSA) is 63.0 Å². The van der Waals surface area contributed by atoms with E-state index in [9.17, 15) is 4.79 Å². The second kappa shape index (κ2) is 8.94. The zero-order valence-corrected chi connectivity index (χ0v) is 18.9. The Balaban J connectivity index is 1.47. The highest BCUT2D eigenvalue weighted by Gasteiger charge is 2.25. The molecule has 2 aromatic carbocycles. The number of nitrogens with zero attached hydrogens (tertiary/aromatic N) is 5. The number of aryl methyl sites for hydroxylation is 1. The molecule has 1 saturated heterocycles. The van der Waals surface area contributed by atoms with Gasteiger partial charge in [-0.3, -0.25) is 4.79 Å². The SMILES string of the molecule is CCc1ccc(-c2nn3ccnc(N4CCN(c5ccccc5OC)CC4)c3c2C=O)cc1. The summed E-state index contributed by atoms with van der Waals surface area (Å²) in [5, 5.41) is 4.74. The summed E-state index contributed by atoms with van der Waals surface area (Å²) in [6.07, 6.45) is 5.43. The molecule has 0 atom stereocenters. The number of aldehydes is 1. The number of methoxy groups -OCH3 is 1. The van der Waals surface area contributed by atoms with Gasteiger partial charge in [0.1, 0.15) is 17.0 Å². The molecule has 5 rings (SSSR count). The molecule has 168 valence electrons. The van der Waals surface area contributed by atoms with E-state index in [4.69, 9.17) is 9.84 Å². The summed E-state index contributed by atoms with van der Waals surface area (Å²) in [7, 11) is 1.70. The van der Waals surface area contributed by atoms with Crippen LogP contribution in [0.4, 0.5) is 11.5 Å². The van der Waals surface area contributed by atoms with Gasteiger partial charge in [-0.1, -0.05) is 43.3 Å². The predicted octanol–water partition coefficient (Wildman–Crippen LogP) is 4.11. The molecule has 4 aromatic rings. The zero-order chi connectivity index (χ0) is 22.8. The van der Waals surface area contributed by atoms with Crippen LogP contribution in [0, 0.1) is 0 Å². The molecule has 3 heterocycles. The maximum atomic E-state index is 12.2. The molecule has 1 aliphatic heterocycles. The Morgan fingerprint density at radius 2 is 1.73 bits per heavy atom. The number of fused-ring (bicyclic) bond motifs is 1. The van der Waals surface area contributed by atoms with Crippen molar-refractivity contribution in [2.45, 2.75) is 13.3 Å².